The predicted molar refractivity (Wildman–Crippen MR) is 112 cm³/mol. The molecule has 3 rings (SSSR count). The summed E-state index contributed by atoms with van der Waals surface area (Å²) in [5.41, 5.74) is 6.29. The molecule has 0 N–H and O–H groups in total. The summed E-state index contributed by atoms with van der Waals surface area (Å²) in [6, 6.07) is 12.5. The first-order valence-electron chi connectivity index (χ1n) is 9.46. The molecule has 1 heterocycles. The lowest BCUT2D eigenvalue weighted by molar-refractivity contribution is 0.381. The topological polar surface area (TPSA) is 24.8 Å². The highest BCUT2D eigenvalue weighted by Gasteiger charge is 2.35. The summed E-state index contributed by atoms with van der Waals surface area (Å²) in [5, 5.41) is 0. The lowest BCUT2D eigenvalue weighted by atomic mass is 9.79. The SMILES string of the molecule is CCN1c2cc(C)c(C=Nc3ccccc3OC)cc2[C@@H](C)CC1(C)C. The van der Waals surface area contributed by atoms with Crippen LogP contribution in [0, 0.1) is 6.92 Å². The second kappa shape index (κ2) is 7.14. The molecule has 0 aromatic heterocycles. The summed E-state index contributed by atoms with van der Waals surface area (Å²) in [7, 11) is 1.68. The minimum Gasteiger partial charge on any atom is -0.494 e. The highest BCUT2D eigenvalue weighted by atomic mass is 16.5. The molecule has 0 spiro atoms. The number of aryl methyl sites for hydroxylation is 1. The van der Waals surface area contributed by atoms with Gasteiger partial charge in [0.25, 0.3) is 0 Å². The fraction of sp³-hybridized carbons (Fsp3) is 0.435. The van der Waals surface area contributed by atoms with E-state index in [1.54, 1.807) is 7.11 Å². The van der Waals surface area contributed by atoms with Crippen molar-refractivity contribution in [1.29, 1.82) is 0 Å². The van der Waals surface area contributed by atoms with Gasteiger partial charge in [-0.1, -0.05) is 19.1 Å². The Labute approximate surface area is 157 Å². The molecule has 2 aromatic rings. The number of benzene rings is 2. The van der Waals surface area contributed by atoms with Crippen LogP contribution >= 0.6 is 0 Å². The molecule has 0 radical (unpaired) electrons. The first-order valence-corrected chi connectivity index (χ1v) is 9.46. The van der Waals surface area contributed by atoms with E-state index in [0.29, 0.717) is 5.92 Å². The number of aliphatic imine (C=N–C) groups is 1. The van der Waals surface area contributed by atoms with E-state index < -0.39 is 0 Å². The zero-order chi connectivity index (χ0) is 18.9. The number of anilines is 1. The summed E-state index contributed by atoms with van der Waals surface area (Å²) in [6.45, 7) is 12.5. The summed E-state index contributed by atoms with van der Waals surface area (Å²) >= 11 is 0. The molecule has 138 valence electrons. The van der Waals surface area contributed by atoms with Gasteiger partial charge < -0.3 is 9.64 Å². The largest absolute Gasteiger partial charge is 0.494 e. The lowest BCUT2D eigenvalue weighted by Gasteiger charge is -2.47. The fourth-order valence-electron chi connectivity index (χ4n) is 4.26. The first-order chi connectivity index (χ1) is 12.4. The van der Waals surface area contributed by atoms with Crippen LogP contribution < -0.4 is 9.64 Å². The molecule has 1 atom stereocenters. The van der Waals surface area contributed by atoms with Crippen LogP contribution in [0.25, 0.3) is 0 Å². The van der Waals surface area contributed by atoms with Crippen molar-refractivity contribution in [3.8, 4) is 5.75 Å². The molecule has 0 fully saturated rings. The number of rotatable bonds is 4. The first kappa shape index (κ1) is 18.5. The maximum Gasteiger partial charge on any atom is 0.144 e. The van der Waals surface area contributed by atoms with E-state index in [1.165, 1.54) is 28.8 Å². The zero-order valence-corrected chi connectivity index (χ0v) is 16.8. The van der Waals surface area contributed by atoms with Crippen molar-refractivity contribution in [3.05, 3.63) is 53.1 Å². The Morgan fingerprint density at radius 3 is 2.69 bits per heavy atom. The maximum absolute atomic E-state index is 5.40. The molecule has 0 saturated heterocycles. The third kappa shape index (κ3) is 3.35. The van der Waals surface area contributed by atoms with Crippen LogP contribution in [0.5, 0.6) is 5.75 Å². The van der Waals surface area contributed by atoms with Gasteiger partial charge in [0.15, 0.2) is 0 Å². The van der Waals surface area contributed by atoms with Crippen molar-refractivity contribution in [2.75, 3.05) is 18.6 Å². The van der Waals surface area contributed by atoms with Gasteiger partial charge in [-0.05, 0) is 81.0 Å². The second-order valence-electron chi connectivity index (χ2n) is 7.86. The maximum atomic E-state index is 5.40. The Balaban J connectivity index is 2.01. The molecule has 26 heavy (non-hydrogen) atoms. The van der Waals surface area contributed by atoms with Gasteiger partial charge in [-0.15, -0.1) is 0 Å². The van der Waals surface area contributed by atoms with Gasteiger partial charge in [0.1, 0.15) is 11.4 Å². The number of fused-ring (bicyclic) bond motifs is 1. The molecular weight excluding hydrogens is 320 g/mol. The van der Waals surface area contributed by atoms with Crippen LogP contribution in [-0.4, -0.2) is 25.4 Å². The Morgan fingerprint density at radius 2 is 2.00 bits per heavy atom. The summed E-state index contributed by atoms with van der Waals surface area (Å²) in [5.74, 6) is 1.34. The smallest absolute Gasteiger partial charge is 0.144 e. The molecule has 0 saturated carbocycles. The van der Waals surface area contributed by atoms with Crippen molar-refractivity contribution >= 4 is 17.6 Å². The molecular formula is C23H30N2O. The number of hydrogen-bond donors (Lipinski definition) is 0. The number of methoxy groups -OCH3 is 1. The standard InChI is InChI=1S/C23H30N2O/c1-7-25-21-12-16(2)18(13-19(21)17(3)14-23(25,4)5)15-24-20-10-8-9-11-22(20)26-6/h8-13,15,17H,7,14H2,1-6H3/t17-/m0/s1. The minimum absolute atomic E-state index is 0.195. The van der Waals surface area contributed by atoms with Crippen molar-refractivity contribution < 1.29 is 4.74 Å². The zero-order valence-electron chi connectivity index (χ0n) is 16.8. The number of ether oxygens (including phenoxy) is 1. The number of nitrogens with zero attached hydrogens (tertiary/aromatic N) is 2. The van der Waals surface area contributed by atoms with Gasteiger partial charge in [0.2, 0.25) is 0 Å². The molecule has 3 nitrogen and oxygen atoms in total. The normalized spacial score (nSPS) is 18.8. The third-order valence-corrected chi connectivity index (χ3v) is 5.52. The molecule has 1 aliphatic heterocycles. The van der Waals surface area contributed by atoms with Crippen molar-refractivity contribution in [2.45, 2.75) is 52.5 Å². The highest BCUT2D eigenvalue weighted by molar-refractivity contribution is 5.86. The van der Waals surface area contributed by atoms with Crippen molar-refractivity contribution in [3.63, 3.8) is 0 Å². The van der Waals surface area contributed by atoms with E-state index >= 15 is 0 Å². The molecule has 3 heteroatoms. The average molecular weight is 351 g/mol. The molecule has 0 unspecified atom stereocenters. The van der Waals surface area contributed by atoms with E-state index in [-0.39, 0.29) is 5.54 Å². The van der Waals surface area contributed by atoms with Crippen LogP contribution in [-0.2, 0) is 0 Å². The third-order valence-electron chi connectivity index (χ3n) is 5.52. The van der Waals surface area contributed by atoms with E-state index in [1.807, 2.05) is 30.5 Å². The van der Waals surface area contributed by atoms with Crippen LogP contribution in [0.2, 0.25) is 0 Å². The molecule has 1 aliphatic rings. The highest BCUT2D eigenvalue weighted by Crippen LogP contribution is 2.44. The van der Waals surface area contributed by atoms with Crippen molar-refractivity contribution in [1.82, 2.24) is 0 Å². The monoisotopic (exact) mass is 350 g/mol. The van der Waals surface area contributed by atoms with E-state index in [0.717, 1.165) is 18.0 Å². The summed E-state index contributed by atoms with van der Waals surface area (Å²) in [4.78, 5) is 7.22. The predicted octanol–water partition coefficient (Wildman–Crippen LogP) is 5.87. The Morgan fingerprint density at radius 1 is 1.27 bits per heavy atom. The second-order valence-corrected chi connectivity index (χ2v) is 7.86. The fourth-order valence-corrected chi connectivity index (χ4v) is 4.26. The molecule has 0 aliphatic carbocycles. The van der Waals surface area contributed by atoms with Gasteiger partial charge in [-0.2, -0.15) is 0 Å². The lowest BCUT2D eigenvalue weighted by Crippen LogP contribution is -2.48. The molecule has 0 amide bonds. The summed E-state index contributed by atoms with van der Waals surface area (Å²) < 4.78 is 5.40. The van der Waals surface area contributed by atoms with Gasteiger partial charge >= 0.3 is 0 Å². The molecule has 0 bridgehead atoms. The molecule has 2 aromatic carbocycles. The van der Waals surface area contributed by atoms with E-state index in [9.17, 15) is 0 Å². The van der Waals surface area contributed by atoms with Gasteiger partial charge in [-0.3, -0.25) is 4.99 Å². The van der Waals surface area contributed by atoms with Crippen LogP contribution in [0.4, 0.5) is 11.4 Å². The van der Waals surface area contributed by atoms with E-state index in [4.69, 9.17) is 4.74 Å². The van der Waals surface area contributed by atoms with Gasteiger partial charge in [-0.25, -0.2) is 0 Å². The minimum atomic E-state index is 0.195. The summed E-state index contributed by atoms with van der Waals surface area (Å²) in [6.07, 6.45) is 3.14. The van der Waals surface area contributed by atoms with Crippen LogP contribution in [0.15, 0.2) is 41.4 Å². The van der Waals surface area contributed by atoms with E-state index in [2.05, 4.69) is 56.6 Å². The van der Waals surface area contributed by atoms with Gasteiger partial charge in [0, 0.05) is 24.0 Å². The van der Waals surface area contributed by atoms with Gasteiger partial charge in [0.05, 0.1) is 7.11 Å². The Bertz CT molecular complexity index is 823. The average Bonchev–Trinajstić information content (AvgIpc) is 2.60. The van der Waals surface area contributed by atoms with Crippen molar-refractivity contribution in [2.24, 2.45) is 4.99 Å². The Kier molecular flexibility index (Phi) is 5.08. The Hall–Kier alpha value is -2.29. The van der Waals surface area contributed by atoms with Crippen LogP contribution in [0.3, 0.4) is 0 Å². The quantitative estimate of drug-likeness (QED) is 0.645. The number of para-hydroxylation sites is 2. The van der Waals surface area contributed by atoms with Crippen LogP contribution in [0.1, 0.15) is 56.7 Å². The number of hydrogen-bond acceptors (Lipinski definition) is 3.